The lowest BCUT2D eigenvalue weighted by Crippen LogP contribution is -2.24. The number of rotatable bonds is 4. The van der Waals surface area contributed by atoms with Crippen molar-refractivity contribution >= 4 is 21.6 Å². The summed E-state index contributed by atoms with van der Waals surface area (Å²) < 4.78 is 28.3. The number of nitrogens with one attached hydrogen (secondary N) is 1. The number of hydrogen-bond acceptors (Lipinski definition) is 4. The summed E-state index contributed by atoms with van der Waals surface area (Å²) in [5.41, 5.74) is 0.816. The van der Waals surface area contributed by atoms with Gasteiger partial charge in [0.2, 0.25) is 10.0 Å². The van der Waals surface area contributed by atoms with Crippen molar-refractivity contribution in [2.24, 2.45) is 7.05 Å². The molecule has 0 aliphatic heterocycles. The fraction of sp³-hybridized carbons (Fsp3) is 0.167. The van der Waals surface area contributed by atoms with E-state index in [1.807, 2.05) is 6.07 Å². The number of sulfonamides is 1. The number of nitrogens with zero attached hydrogens (tertiary/aromatic N) is 3. The van der Waals surface area contributed by atoms with Crippen molar-refractivity contribution in [1.29, 1.82) is 5.26 Å². The Labute approximate surface area is 121 Å². The van der Waals surface area contributed by atoms with Gasteiger partial charge >= 0.3 is 0 Å². The van der Waals surface area contributed by atoms with Gasteiger partial charge in [0.15, 0.2) is 0 Å². The average molecular weight is 311 g/mol. The Morgan fingerprint density at radius 1 is 1.45 bits per heavy atom. The molecule has 2 rings (SSSR count). The Bertz CT molecular complexity index is 777. The predicted octanol–water partition coefficient (Wildman–Crippen LogP) is 1.42. The van der Waals surface area contributed by atoms with E-state index >= 15 is 0 Å². The standard InChI is InChI=1S/C12H11ClN4O2S/c1-17-5-4-10(16-17)8-15-20(18,19)12-6-9(7-14)2-3-11(12)13/h2-6,15H,8H2,1H3. The van der Waals surface area contributed by atoms with Gasteiger partial charge in [0.05, 0.1) is 28.9 Å². The molecular weight excluding hydrogens is 300 g/mol. The molecule has 0 unspecified atom stereocenters. The Morgan fingerprint density at radius 2 is 2.20 bits per heavy atom. The van der Waals surface area contributed by atoms with E-state index in [4.69, 9.17) is 16.9 Å². The molecule has 0 atom stereocenters. The highest BCUT2D eigenvalue weighted by atomic mass is 35.5. The van der Waals surface area contributed by atoms with Crippen molar-refractivity contribution < 1.29 is 8.42 Å². The molecule has 1 N–H and O–H groups in total. The predicted molar refractivity (Wildman–Crippen MR) is 73.4 cm³/mol. The van der Waals surface area contributed by atoms with Crippen molar-refractivity contribution in [2.75, 3.05) is 0 Å². The van der Waals surface area contributed by atoms with Gasteiger partial charge in [-0.15, -0.1) is 0 Å². The molecule has 0 amide bonds. The summed E-state index contributed by atoms with van der Waals surface area (Å²) in [5.74, 6) is 0. The van der Waals surface area contributed by atoms with Gasteiger partial charge in [-0.25, -0.2) is 13.1 Å². The van der Waals surface area contributed by atoms with Crippen LogP contribution in [0.25, 0.3) is 0 Å². The highest BCUT2D eigenvalue weighted by molar-refractivity contribution is 7.89. The molecule has 0 fully saturated rings. The molecule has 0 radical (unpaired) electrons. The van der Waals surface area contributed by atoms with Crippen LogP contribution in [0.1, 0.15) is 11.3 Å². The van der Waals surface area contributed by atoms with Gasteiger partial charge < -0.3 is 0 Å². The van der Waals surface area contributed by atoms with E-state index in [-0.39, 0.29) is 22.0 Å². The van der Waals surface area contributed by atoms with E-state index in [1.165, 1.54) is 18.2 Å². The van der Waals surface area contributed by atoms with Crippen molar-refractivity contribution in [2.45, 2.75) is 11.4 Å². The van der Waals surface area contributed by atoms with Crippen LogP contribution in [0, 0.1) is 11.3 Å². The van der Waals surface area contributed by atoms with Crippen molar-refractivity contribution in [1.82, 2.24) is 14.5 Å². The average Bonchev–Trinajstić information content (AvgIpc) is 2.83. The summed E-state index contributed by atoms with van der Waals surface area (Å²) in [6.07, 6.45) is 1.72. The van der Waals surface area contributed by atoms with Crippen LogP contribution in [0.4, 0.5) is 0 Å². The summed E-state index contributed by atoms with van der Waals surface area (Å²) in [7, 11) is -2.05. The van der Waals surface area contributed by atoms with E-state index in [9.17, 15) is 8.42 Å². The molecule has 1 aromatic carbocycles. The fourth-order valence-electron chi connectivity index (χ4n) is 1.58. The molecule has 0 aliphatic carbocycles. The maximum Gasteiger partial charge on any atom is 0.242 e. The first-order valence-electron chi connectivity index (χ1n) is 5.60. The van der Waals surface area contributed by atoms with Crippen molar-refractivity contribution in [3.05, 3.63) is 46.7 Å². The minimum atomic E-state index is -3.79. The summed E-state index contributed by atoms with van der Waals surface area (Å²) in [5, 5.41) is 12.9. The van der Waals surface area contributed by atoms with E-state index < -0.39 is 10.0 Å². The zero-order valence-electron chi connectivity index (χ0n) is 10.5. The van der Waals surface area contributed by atoms with E-state index in [1.54, 1.807) is 24.0 Å². The summed E-state index contributed by atoms with van der Waals surface area (Å²) >= 11 is 5.88. The molecule has 0 aliphatic rings. The third-order valence-corrected chi connectivity index (χ3v) is 4.44. The third-order valence-electron chi connectivity index (χ3n) is 2.56. The minimum absolute atomic E-state index is 0.0519. The van der Waals surface area contributed by atoms with E-state index in [2.05, 4.69) is 9.82 Å². The van der Waals surface area contributed by atoms with Crippen molar-refractivity contribution in [3.63, 3.8) is 0 Å². The molecule has 104 valence electrons. The van der Waals surface area contributed by atoms with Crippen LogP contribution in [0.3, 0.4) is 0 Å². The van der Waals surface area contributed by atoms with Crippen LogP contribution >= 0.6 is 11.6 Å². The third kappa shape index (κ3) is 3.17. The second-order valence-electron chi connectivity index (χ2n) is 4.06. The monoisotopic (exact) mass is 310 g/mol. The number of halogens is 1. The van der Waals surface area contributed by atoms with Gasteiger partial charge in [0, 0.05) is 13.2 Å². The van der Waals surface area contributed by atoms with Gasteiger partial charge in [0.1, 0.15) is 4.90 Å². The first-order valence-corrected chi connectivity index (χ1v) is 7.46. The Morgan fingerprint density at radius 3 is 2.80 bits per heavy atom. The molecule has 0 spiro atoms. The second-order valence-corrected chi connectivity index (χ2v) is 6.20. The minimum Gasteiger partial charge on any atom is -0.276 e. The normalized spacial score (nSPS) is 11.2. The van der Waals surface area contributed by atoms with Crippen LogP contribution in [-0.2, 0) is 23.6 Å². The molecule has 2 aromatic rings. The number of aromatic nitrogens is 2. The summed E-state index contributed by atoms with van der Waals surface area (Å²) in [6.45, 7) is 0.0519. The molecule has 20 heavy (non-hydrogen) atoms. The Kier molecular flexibility index (Phi) is 4.09. The molecular formula is C12H11ClN4O2S. The lowest BCUT2D eigenvalue weighted by Gasteiger charge is -2.07. The number of aryl methyl sites for hydroxylation is 1. The molecule has 1 aromatic heterocycles. The second kappa shape index (κ2) is 5.63. The molecule has 1 heterocycles. The first-order chi connectivity index (χ1) is 9.42. The Balaban J connectivity index is 2.24. The molecule has 0 saturated heterocycles. The number of hydrogen-bond donors (Lipinski definition) is 1. The van der Waals surface area contributed by atoms with Crippen LogP contribution in [0.15, 0.2) is 35.4 Å². The van der Waals surface area contributed by atoms with E-state index in [0.717, 1.165) is 0 Å². The SMILES string of the molecule is Cn1ccc(CNS(=O)(=O)c2cc(C#N)ccc2Cl)n1. The lowest BCUT2D eigenvalue weighted by atomic mass is 10.2. The number of nitriles is 1. The maximum absolute atomic E-state index is 12.2. The van der Waals surface area contributed by atoms with Crippen LogP contribution in [0.2, 0.25) is 5.02 Å². The molecule has 6 nitrogen and oxygen atoms in total. The lowest BCUT2D eigenvalue weighted by molar-refractivity contribution is 0.579. The van der Waals surface area contributed by atoms with E-state index in [0.29, 0.717) is 5.69 Å². The highest BCUT2D eigenvalue weighted by Gasteiger charge is 2.18. The summed E-state index contributed by atoms with van der Waals surface area (Å²) in [6, 6.07) is 7.66. The zero-order valence-corrected chi connectivity index (χ0v) is 12.1. The number of benzene rings is 1. The van der Waals surface area contributed by atoms with Gasteiger partial charge in [-0.2, -0.15) is 10.4 Å². The van der Waals surface area contributed by atoms with Gasteiger partial charge in [-0.05, 0) is 24.3 Å². The zero-order chi connectivity index (χ0) is 14.8. The van der Waals surface area contributed by atoms with Crippen molar-refractivity contribution in [3.8, 4) is 6.07 Å². The van der Waals surface area contributed by atoms with Crippen LogP contribution in [0.5, 0.6) is 0 Å². The van der Waals surface area contributed by atoms with Gasteiger partial charge in [-0.3, -0.25) is 4.68 Å². The molecule has 0 saturated carbocycles. The smallest absolute Gasteiger partial charge is 0.242 e. The maximum atomic E-state index is 12.2. The quantitative estimate of drug-likeness (QED) is 0.925. The largest absolute Gasteiger partial charge is 0.276 e. The fourth-order valence-corrected chi connectivity index (χ4v) is 3.11. The van der Waals surface area contributed by atoms with Gasteiger partial charge in [-0.1, -0.05) is 11.6 Å². The van der Waals surface area contributed by atoms with Crippen LogP contribution in [-0.4, -0.2) is 18.2 Å². The Hall–Kier alpha value is -1.88. The van der Waals surface area contributed by atoms with Gasteiger partial charge in [0.25, 0.3) is 0 Å². The summed E-state index contributed by atoms with van der Waals surface area (Å²) in [4.78, 5) is -0.117. The molecule has 8 heteroatoms. The topological polar surface area (TPSA) is 87.8 Å². The van der Waals surface area contributed by atoms with Crippen LogP contribution < -0.4 is 4.72 Å². The first kappa shape index (κ1) is 14.5. The molecule has 0 bridgehead atoms. The highest BCUT2D eigenvalue weighted by Crippen LogP contribution is 2.22.